The van der Waals surface area contributed by atoms with Crippen LogP contribution in [0.2, 0.25) is 0 Å². The van der Waals surface area contributed by atoms with Crippen LogP contribution in [0.25, 0.3) is 10.4 Å². The second-order valence-electron chi connectivity index (χ2n) is 5.02. The normalized spacial score (nSPS) is 13.8. The number of ether oxygens (including phenoxy) is 3. The maximum Gasteiger partial charge on any atom is 0.318 e. The van der Waals surface area contributed by atoms with Crippen molar-refractivity contribution in [1.29, 1.82) is 0 Å². The van der Waals surface area contributed by atoms with E-state index in [4.69, 9.17) is 19.7 Å². The molecule has 0 saturated carbocycles. The van der Waals surface area contributed by atoms with Gasteiger partial charge < -0.3 is 19.1 Å². The van der Waals surface area contributed by atoms with Crippen LogP contribution in [0.3, 0.4) is 0 Å². The summed E-state index contributed by atoms with van der Waals surface area (Å²) < 4.78 is 16.3. The predicted molar refractivity (Wildman–Crippen MR) is 89.1 cm³/mol. The number of rotatable bonds is 7. The smallest absolute Gasteiger partial charge is 0.318 e. The van der Waals surface area contributed by atoms with Crippen molar-refractivity contribution in [3.05, 3.63) is 40.9 Å². The van der Waals surface area contributed by atoms with Crippen LogP contribution < -0.4 is 14.4 Å². The summed E-state index contributed by atoms with van der Waals surface area (Å²) in [6.07, 6.45) is 1.65. The Morgan fingerprint density at radius 3 is 2.80 bits per heavy atom. The lowest BCUT2D eigenvalue weighted by atomic mass is 10.4. The Labute approximate surface area is 144 Å². The van der Waals surface area contributed by atoms with Gasteiger partial charge >= 0.3 is 6.01 Å². The Balaban J connectivity index is 1.62. The quantitative estimate of drug-likeness (QED) is 0.327. The predicted octanol–water partition coefficient (Wildman–Crippen LogP) is 2.11. The molecular weight excluding hydrogens is 326 g/mol. The average molecular weight is 343 g/mol. The SMILES string of the molecule is [N-]=[N+]=Nc1cc(N2CCOCC2)nc(OCCOc2ccccn2)n1. The number of morpholine rings is 1. The molecular formula is C15H17N7O3. The van der Waals surface area contributed by atoms with Crippen molar-refractivity contribution in [2.45, 2.75) is 0 Å². The molecule has 10 heteroatoms. The Morgan fingerprint density at radius 2 is 2.04 bits per heavy atom. The van der Waals surface area contributed by atoms with E-state index >= 15 is 0 Å². The van der Waals surface area contributed by atoms with Crippen molar-refractivity contribution in [3.8, 4) is 11.9 Å². The van der Waals surface area contributed by atoms with Gasteiger partial charge in [0.25, 0.3) is 0 Å². The van der Waals surface area contributed by atoms with Gasteiger partial charge in [0, 0.05) is 36.3 Å². The molecule has 1 aliphatic rings. The van der Waals surface area contributed by atoms with Crippen molar-refractivity contribution in [2.24, 2.45) is 5.11 Å². The van der Waals surface area contributed by atoms with Crippen molar-refractivity contribution in [1.82, 2.24) is 15.0 Å². The molecule has 1 fully saturated rings. The van der Waals surface area contributed by atoms with E-state index in [1.165, 1.54) is 0 Å². The van der Waals surface area contributed by atoms with E-state index in [2.05, 4.69) is 25.0 Å². The largest absolute Gasteiger partial charge is 0.474 e. The molecule has 0 amide bonds. The zero-order chi connectivity index (χ0) is 17.3. The molecule has 0 aliphatic carbocycles. The van der Waals surface area contributed by atoms with E-state index < -0.39 is 0 Å². The summed E-state index contributed by atoms with van der Waals surface area (Å²) in [5.74, 6) is 1.37. The Bertz CT molecular complexity index is 731. The van der Waals surface area contributed by atoms with Crippen molar-refractivity contribution < 1.29 is 14.2 Å². The van der Waals surface area contributed by atoms with Gasteiger partial charge in [0.15, 0.2) is 0 Å². The summed E-state index contributed by atoms with van der Waals surface area (Å²) in [7, 11) is 0. The molecule has 2 aromatic heterocycles. The molecule has 0 spiro atoms. The summed E-state index contributed by atoms with van der Waals surface area (Å²) >= 11 is 0. The number of aromatic nitrogens is 3. The first kappa shape index (κ1) is 16.7. The highest BCUT2D eigenvalue weighted by atomic mass is 16.5. The molecule has 1 aliphatic heterocycles. The van der Waals surface area contributed by atoms with Crippen LogP contribution in [-0.4, -0.2) is 54.5 Å². The Hall–Kier alpha value is -3.10. The van der Waals surface area contributed by atoms with Gasteiger partial charge in [-0.1, -0.05) is 6.07 Å². The van der Waals surface area contributed by atoms with Crippen LogP contribution in [0.5, 0.6) is 11.9 Å². The molecule has 25 heavy (non-hydrogen) atoms. The molecule has 0 N–H and O–H groups in total. The summed E-state index contributed by atoms with van der Waals surface area (Å²) in [6, 6.07) is 7.17. The number of azide groups is 1. The van der Waals surface area contributed by atoms with Crippen molar-refractivity contribution in [2.75, 3.05) is 44.4 Å². The van der Waals surface area contributed by atoms with Crippen molar-refractivity contribution >= 4 is 11.6 Å². The summed E-state index contributed by atoms with van der Waals surface area (Å²) in [5, 5.41) is 3.55. The second kappa shape index (κ2) is 8.67. The van der Waals surface area contributed by atoms with E-state index in [-0.39, 0.29) is 18.4 Å². The number of hydrogen-bond donors (Lipinski definition) is 0. The molecule has 0 unspecified atom stereocenters. The third-order valence-electron chi connectivity index (χ3n) is 3.36. The highest BCUT2D eigenvalue weighted by Crippen LogP contribution is 2.22. The molecule has 3 rings (SSSR count). The lowest BCUT2D eigenvalue weighted by Gasteiger charge is -2.27. The van der Waals surface area contributed by atoms with E-state index in [0.29, 0.717) is 44.6 Å². The van der Waals surface area contributed by atoms with E-state index in [9.17, 15) is 0 Å². The van der Waals surface area contributed by atoms with Gasteiger partial charge in [-0.2, -0.15) is 9.97 Å². The molecule has 0 aromatic carbocycles. The monoisotopic (exact) mass is 343 g/mol. The van der Waals surface area contributed by atoms with Crippen LogP contribution in [0.15, 0.2) is 35.6 Å². The molecule has 0 bridgehead atoms. The third-order valence-corrected chi connectivity index (χ3v) is 3.36. The fourth-order valence-electron chi connectivity index (χ4n) is 2.23. The van der Waals surface area contributed by atoms with Crippen LogP contribution in [-0.2, 0) is 4.74 Å². The molecule has 0 radical (unpaired) electrons. The number of pyridine rings is 1. The maximum atomic E-state index is 8.65. The summed E-state index contributed by atoms with van der Waals surface area (Å²) in [6.45, 7) is 3.17. The molecule has 1 saturated heterocycles. The standard InChI is InChI=1S/C15H17N7O3/c16-21-20-12-11-13(22-5-7-23-8-6-22)19-15(18-12)25-10-9-24-14-3-1-2-4-17-14/h1-4,11H,5-10H2. The first-order valence-electron chi connectivity index (χ1n) is 7.78. The third kappa shape index (κ3) is 4.93. The van der Waals surface area contributed by atoms with Crippen LogP contribution in [0.1, 0.15) is 0 Å². The zero-order valence-electron chi connectivity index (χ0n) is 13.5. The number of anilines is 1. The van der Waals surface area contributed by atoms with Gasteiger partial charge in [0.1, 0.15) is 24.8 Å². The van der Waals surface area contributed by atoms with Crippen LogP contribution in [0.4, 0.5) is 11.6 Å². The number of nitrogens with zero attached hydrogens (tertiary/aromatic N) is 7. The Morgan fingerprint density at radius 1 is 1.20 bits per heavy atom. The minimum atomic E-state index is 0.135. The van der Waals surface area contributed by atoms with E-state index in [0.717, 1.165) is 0 Å². The Kier molecular flexibility index (Phi) is 5.81. The van der Waals surface area contributed by atoms with Gasteiger partial charge in [-0.25, -0.2) is 4.98 Å². The fourth-order valence-corrected chi connectivity index (χ4v) is 2.23. The van der Waals surface area contributed by atoms with Gasteiger partial charge in [-0.15, -0.1) is 0 Å². The highest BCUT2D eigenvalue weighted by Gasteiger charge is 2.15. The molecule has 0 atom stereocenters. The molecule has 3 heterocycles. The van der Waals surface area contributed by atoms with Crippen LogP contribution >= 0.6 is 0 Å². The highest BCUT2D eigenvalue weighted by molar-refractivity contribution is 5.47. The average Bonchev–Trinajstić information content (AvgIpc) is 2.67. The van der Waals surface area contributed by atoms with Gasteiger partial charge in [-0.3, -0.25) is 0 Å². The molecule has 10 nitrogen and oxygen atoms in total. The lowest BCUT2D eigenvalue weighted by Crippen LogP contribution is -2.36. The summed E-state index contributed by atoms with van der Waals surface area (Å²) in [5.41, 5.74) is 8.65. The van der Waals surface area contributed by atoms with Gasteiger partial charge in [0.2, 0.25) is 5.88 Å². The van der Waals surface area contributed by atoms with E-state index in [1.807, 2.05) is 17.0 Å². The van der Waals surface area contributed by atoms with Gasteiger partial charge in [0.05, 0.1) is 13.2 Å². The first-order valence-corrected chi connectivity index (χ1v) is 7.78. The summed E-state index contributed by atoms with van der Waals surface area (Å²) in [4.78, 5) is 17.3. The second-order valence-corrected chi connectivity index (χ2v) is 5.02. The zero-order valence-corrected chi connectivity index (χ0v) is 13.5. The molecule has 2 aromatic rings. The minimum Gasteiger partial charge on any atom is -0.474 e. The fraction of sp³-hybridized carbons (Fsp3) is 0.400. The van der Waals surface area contributed by atoms with Gasteiger partial charge in [-0.05, 0) is 16.7 Å². The minimum absolute atomic E-state index is 0.135. The lowest BCUT2D eigenvalue weighted by molar-refractivity contribution is 0.122. The van der Waals surface area contributed by atoms with E-state index in [1.54, 1.807) is 18.3 Å². The molecule has 130 valence electrons. The number of hydrogen-bond acceptors (Lipinski definition) is 8. The van der Waals surface area contributed by atoms with Crippen LogP contribution in [0, 0.1) is 0 Å². The first-order chi connectivity index (χ1) is 12.3. The van der Waals surface area contributed by atoms with Crippen molar-refractivity contribution in [3.63, 3.8) is 0 Å². The topological polar surface area (TPSA) is 118 Å². The maximum absolute atomic E-state index is 8.65.